The van der Waals surface area contributed by atoms with Crippen molar-refractivity contribution in [3.05, 3.63) is 48.7 Å². The standard InChI is InChI=1S/C21H24N4O4S2/c1-4-24-31(27,28)19-11-15(22)7-10-17(19)18-12-23-20(30-18)14-5-8-16(9-6-14)25-21(26)29-13(2)3/h5-13,24H,4,22H2,1-3H3,(H,25,26). The number of rotatable bonds is 7. The average Bonchev–Trinajstić information content (AvgIpc) is 3.18. The second-order valence-corrected chi connectivity index (χ2v) is 9.71. The first-order chi connectivity index (χ1) is 14.7. The molecule has 10 heteroatoms. The molecule has 0 fully saturated rings. The summed E-state index contributed by atoms with van der Waals surface area (Å²) in [6.45, 7) is 5.54. The average molecular weight is 461 g/mol. The number of nitrogen functional groups attached to an aromatic ring is 1. The van der Waals surface area contributed by atoms with Gasteiger partial charge in [0.15, 0.2) is 0 Å². The minimum atomic E-state index is -3.70. The molecule has 0 radical (unpaired) electrons. The van der Waals surface area contributed by atoms with E-state index in [0.717, 1.165) is 10.6 Å². The van der Waals surface area contributed by atoms with Gasteiger partial charge in [-0.3, -0.25) is 5.32 Å². The van der Waals surface area contributed by atoms with Gasteiger partial charge in [0.05, 0.1) is 15.9 Å². The van der Waals surface area contributed by atoms with E-state index in [1.54, 1.807) is 51.2 Å². The SMILES string of the molecule is CCNS(=O)(=O)c1cc(N)ccc1-c1cnc(-c2ccc(NC(=O)OC(C)C)cc2)s1. The molecule has 4 N–H and O–H groups in total. The molecule has 1 amide bonds. The summed E-state index contributed by atoms with van der Waals surface area (Å²) in [5.74, 6) is 0. The van der Waals surface area contributed by atoms with E-state index in [2.05, 4.69) is 15.0 Å². The minimum absolute atomic E-state index is 0.118. The molecule has 8 nitrogen and oxygen atoms in total. The van der Waals surface area contributed by atoms with Crippen molar-refractivity contribution in [2.75, 3.05) is 17.6 Å². The van der Waals surface area contributed by atoms with E-state index in [-0.39, 0.29) is 17.5 Å². The number of nitrogens with two attached hydrogens (primary N) is 1. The highest BCUT2D eigenvalue weighted by Crippen LogP contribution is 2.36. The maximum Gasteiger partial charge on any atom is 0.411 e. The second kappa shape index (κ2) is 9.46. The maximum absolute atomic E-state index is 12.6. The molecule has 0 bridgehead atoms. The minimum Gasteiger partial charge on any atom is -0.447 e. The van der Waals surface area contributed by atoms with Crippen molar-refractivity contribution in [2.45, 2.75) is 31.8 Å². The van der Waals surface area contributed by atoms with Gasteiger partial charge < -0.3 is 10.5 Å². The number of hydrogen-bond donors (Lipinski definition) is 3. The number of anilines is 2. The monoisotopic (exact) mass is 460 g/mol. The molecule has 2 aromatic carbocycles. The van der Waals surface area contributed by atoms with Crippen molar-refractivity contribution in [1.82, 2.24) is 9.71 Å². The van der Waals surface area contributed by atoms with Crippen LogP contribution in [0.15, 0.2) is 53.6 Å². The second-order valence-electron chi connectivity index (χ2n) is 6.94. The number of aromatic nitrogens is 1. The molecular weight excluding hydrogens is 436 g/mol. The fraction of sp³-hybridized carbons (Fsp3) is 0.238. The number of amides is 1. The highest BCUT2D eigenvalue weighted by atomic mass is 32.2. The zero-order valence-corrected chi connectivity index (χ0v) is 19.0. The molecule has 164 valence electrons. The number of carbonyl (C=O) groups is 1. The third kappa shape index (κ3) is 5.60. The number of benzene rings is 2. The molecule has 1 aromatic heterocycles. The van der Waals surface area contributed by atoms with Gasteiger partial charge in [-0.25, -0.2) is 22.9 Å². The Hall–Kier alpha value is -2.95. The first-order valence-electron chi connectivity index (χ1n) is 9.63. The summed E-state index contributed by atoms with van der Waals surface area (Å²) < 4.78 is 32.8. The number of thiazole rings is 1. The van der Waals surface area contributed by atoms with Crippen LogP contribution in [0.1, 0.15) is 20.8 Å². The predicted molar refractivity (Wildman–Crippen MR) is 124 cm³/mol. The summed E-state index contributed by atoms with van der Waals surface area (Å²) in [7, 11) is -3.70. The van der Waals surface area contributed by atoms with Crippen molar-refractivity contribution >= 4 is 38.8 Å². The summed E-state index contributed by atoms with van der Waals surface area (Å²) in [5, 5.41) is 3.38. The van der Waals surface area contributed by atoms with E-state index in [0.29, 0.717) is 21.8 Å². The number of nitrogens with zero attached hydrogens (tertiary/aromatic N) is 1. The first-order valence-corrected chi connectivity index (χ1v) is 11.9. The van der Waals surface area contributed by atoms with Gasteiger partial charge in [-0.2, -0.15) is 0 Å². The molecule has 0 aliphatic carbocycles. The topological polar surface area (TPSA) is 123 Å². The lowest BCUT2D eigenvalue weighted by atomic mass is 10.2. The van der Waals surface area contributed by atoms with Gasteiger partial charge in [-0.1, -0.05) is 13.0 Å². The van der Waals surface area contributed by atoms with Crippen molar-refractivity contribution < 1.29 is 17.9 Å². The normalized spacial score (nSPS) is 11.5. The molecule has 3 aromatic rings. The van der Waals surface area contributed by atoms with E-state index in [9.17, 15) is 13.2 Å². The molecule has 0 saturated heterocycles. The fourth-order valence-corrected chi connectivity index (χ4v) is 5.14. The van der Waals surface area contributed by atoms with Gasteiger partial charge >= 0.3 is 6.09 Å². The van der Waals surface area contributed by atoms with Gasteiger partial charge in [0.2, 0.25) is 10.0 Å². The summed E-state index contributed by atoms with van der Waals surface area (Å²) in [4.78, 5) is 17.0. The van der Waals surface area contributed by atoms with E-state index < -0.39 is 16.1 Å². The molecule has 0 aliphatic rings. The van der Waals surface area contributed by atoms with E-state index in [4.69, 9.17) is 10.5 Å². The van der Waals surface area contributed by atoms with Crippen LogP contribution in [0, 0.1) is 0 Å². The smallest absolute Gasteiger partial charge is 0.411 e. The zero-order chi connectivity index (χ0) is 22.6. The third-order valence-electron chi connectivity index (χ3n) is 4.12. The Kier molecular flexibility index (Phi) is 6.94. The van der Waals surface area contributed by atoms with Crippen LogP contribution in [-0.2, 0) is 14.8 Å². The van der Waals surface area contributed by atoms with E-state index in [1.165, 1.54) is 17.4 Å². The lowest BCUT2D eigenvalue weighted by Crippen LogP contribution is -2.23. The Labute approximate surface area is 185 Å². The van der Waals surface area contributed by atoms with Crippen LogP contribution in [0.2, 0.25) is 0 Å². The molecule has 1 heterocycles. The fourth-order valence-electron chi connectivity index (χ4n) is 2.82. The Morgan fingerprint density at radius 2 is 1.90 bits per heavy atom. The van der Waals surface area contributed by atoms with Crippen molar-refractivity contribution in [3.8, 4) is 21.0 Å². The van der Waals surface area contributed by atoms with Crippen LogP contribution >= 0.6 is 11.3 Å². The number of ether oxygens (including phenoxy) is 1. The first kappa shape index (κ1) is 22.7. The molecule has 0 spiro atoms. The van der Waals surface area contributed by atoms with E-state index in [1.807, 2.05) is 12.1 Å². The largest absolute Gasteiger partial charge is 0.447 e. The number of nitrogens with one attached hydrogen (secondary N) is 2. The molecule has 31 heavy (non-hydrogen) atoms. The molecule has 0 aliphatic heterocycles. The van der Waals surface area contributed by atoms with Crippen molar-refractivity contribution in [2.24, 2.45) is 0 Å². The predicted octanol–water partition coefficient (Wildman–Crippen LogP) is 4.31. The summed E-state index contributed by atoms with van der Waals surface area (Å²) >= 11 is 1.37. The Morgan fingerprint density at radius 1 is 1.19 bits per heavy atom. The zero-order valence-electron chi connectivity index (χ0n) is 17.4. The van der Waals surface area contributed by atoms with Gasteiger partial charge in [0, 0.05) is 35.2 Å². The lowest BCUT2D eigenvalue weighted by molar-refractivity contribution is 0.130. The lowest BCUT2D eigenvalue weighted by Gasteiger charge is -2.10. The summed E-state index contributed by atoms with van der Waals surface area (Å²) in [6, 6.07) is 12.0. The molecular formula is C21H24N4O4S2. The molecule has 0 saturated carbocycles. The molecule has 0 atom stereocenters. The highest BCUT2D eigenvalue weighted by molar-refractivity contribution is 7.89. The Bertz CT molecular complexity index is 1170. The number of sulfonamides is 1. The Balaban J connectivity index is 1.87. The van der Waals surface area contributed by atoms with E-state index >= 15 is 0 Å². The third-order valence-corrected chi connectivity index (χ3v) is 6.79. The van der Waals surface area contributed by atoms with Crippen LogP contribution in [0.3, 0.4) is 0 Å². The number of hydrogen-bond acceptors (Lipinski definition) is 7. The van der Waals surface area contributed by atoms with Gasteiger partial charge in [-0.15, -0.1) is 11.3 Å². The van der Waals surface area contributed by atoms with Crippen LogP contribution in [-0.4, -0.2) is 32.1 Å². The van der Waals surface area contributed by atoms with Crippen LogP contribution < -0.4 is 15.8 Å². The van der Waals surface area contributed by atoms with Crippen molar-refractivity contribution in [3.63, 3.8) is 0 Å². The Morgan fingerprint density at radius 3 is 2.55 bits per heavy atom. The van der Waals surface area contributed by atoms with Gasteiger partial charge in [-0.05, 0) is 50.2 Å². The van der Waals surface area contributed by atoms with Gasteiger partial charge in [0.1, 0.15) is 5.01 Å². The highest BCUT2D eigenvalue weighted by Gasteiger charge is 2.20. The molecule has 0 unspecified atom stereocenters. The molecule has 3 rings (SSSR count). The van der Waals surface area contributed by atoms with Crippen molar-refractivity contribution in [1.29, 1.82) is 0 Å². The number of carbonyl (C=O) groups excluding carboxylic acids is 1. The van der Waals surface area contributed by atoms with Crippen LogP contribution in [0.5, 0.6) is 0 Å². The van der Waals surface area contributed by atoms with Crippen LogP contribution in [0.4, 0.5) is 16.2 Å². The maximum atomic E-state index is 12.6. The summed E-state index contributed by atoms with van der Waals surface area (Å²) in [5.41, 5.74) is 8.17. The summed E-state index contributed by atoms with van der Waals surface area (Å²) in [6.07, 6.45) is 0.919. The van der Waals surface area contributed by atoms with Gasteiger partial charge in [0.25, 0.3) is 0 Å². The van der Waals surface area contributed by atoms with Crippen LogP contribution in [0.25, 0.3) is 21.0 Å². The quantitative estimate of drug-likeness (QED) is 0.451.